The maximum absolute atomic E-state index is 6.25. The van der Waals surface area contributed by atoms with Crippen LogP contribution in [0, 0.1) is 0 Å². The fraction of sp³-hybridized carbons (Fsp3) is 0.333. The van der Waals surface area contributed by atoms with Crippen LogP contribution in [0.15, 0.2) is 46.2 Å². The third-order valence-corrected chi connectivity index (χ3v) is 4.75. The van der Waals surface area contributed by atoms with Crippen LogP contribution in [0.2, 0.25) is 0 Å². The van der Waals surface area contributed by atoms with Gasteiger partial charge < -0.3 is 10.5 Å². The van der Waals surface area contributed by atoms with Crippen molar-refractivity contribution < 1.29 is 4.74 Å². The van der Waals surface area contributed by atoms with Crippen molar-refractivity contribution in [1.82, 2.24) is 0 Å². The van der Waals surface area contributed by atoms with Gasteiger partial charge in [0.1, 0.15) is 5.75 Å². The lowest BCUT2D eigenvalue weighted by atomic mass is 10.1. The lowest BCUT2D eigenvalue weighted by Gasteiger charge is -2.14. The number of aryl methyl sites for hydroxylation is 2. The Bertz CT molecular complexity index is 652. The van der Waals surface area contributed by atoms with Gasteiger partial charge in [-0.05, 0) is 68.5 Å². The number of hydrogen-bond donors (Lipinski definition) is 1. The first-order valence-corrected chi connectivity index (χ1v) is 8.30. The summed E-state index contributed by atoms with van der Waals surface area (Å²) in [5.74, 6) is 0.774. The van der Waals surface area contributed by atoms with E-state index in [0.29, 0.717) is 0 Å². The normalized spacial score (nSPS) is 13.5. The third kappa shape index (κ3) is 3.18. The highest BCUT2D eigenvalue weighted by Crippen LogP contribution is 2.38. The maximum Gasteiger partial charge on any atom is 0.143 e. The fourth-order valence-corrected chi connectivity index (χ4v) is 3.66. The number of benzene rings is 2. The van der Waals surface area contributed by atoms with Crippen LogP contribution in [0.5, 0.6) is 5.75 Å². The van der Waals surface area contributed by atoms with Crippen molar-refractivity contribution in [3.8, 4) is 5.75 Å². The second-order valence-electron chi connectivity index (χ2n) is 5.72. The predicted octanol–water partition coefficient (Wildman–Crippen LogP) is 4.70. The number of fused-ring (bicyclic) bond motifs is 1. The van der Waals surface area contributed by atoms with Gasteiger partial charge in [0, 0.05) is 9.79 Å². The zero-order valence-corrected chi connectivity index (χ0v) is 13.4. The van der Waals surface area contributed by atoms with Gasteiger partial charge in [-0.3, -0.25) is 0 Å². The molecule has 2 nitrogen and oxygen atoms in total. The Morgan fingerprint density at radius 2 is 1.90 bits per heavy atom. The molecule has 110 valence electrons. The van der Waals surface area contributed by atoms with Gasteiger partial charge in [-0.15, -0.1) is 0 Å². The monoisotopic (exact) mass is 299 g/mol. The largest absolute Gasteiger partial charge is 0.489 e. The summed E-state index contributed by atoms with van der Waals surface area (Å²) in [4.78, 5) is 2.31. The SMILES string of the molecule is CC(C)Oc1cccc(Sc2ccc3c(c2)CCC3)c1N. The van der Waals surface area contributed by atoms with Crippen molar-refractivity contribution in [2.45, 2.75) is 49.0 Å². The van der Waals surface area contributed by atoms with E-state index in [1.807, 2.05) is 26.0 Å². The summed E-state index contributed by atoms with van der Waals surface area (Å²) in [6.45, 7) is 4.03. The molecular formula is C18H21NOS. The summed E-state index contributed by atoms with van der Waals surface area (Å²) in [6.07, 6.45) is 3.84. The quantitative estimate of drug-likeness (QED) is 0.831. The van der Waals surface area contributed by atoms with E-state index in [4.69, 9.17) is 10.5 Å². The number of ether oxygens (including phenoxy) is 1. The van der Waals surface area contributed by atoms with E-state index >= 15 is 0 Å². The minimum Gasteiger partial charge on any atom is -0.489 e. The molecule has 0 fully saturated rings. The molecule has 1 aliphatic rings. The summed E-state index contributed by atoms with van der Waals surface area (Å²) < 4.78 is 5.76. The molecule has 2 aromatic rings. The smallest absolute Gasteiger partial charge is 0.143 e. The van der Waals surface area contributed by atoms with Gasteiger partial charge in [0.15, 0.2) is 0 Å². The Balaban J connectivity index is 1.84. The lowest BCUT2D eigenvalue weighted by Crippen LogP contribution is -2.07. The standard InChI is InChI=1S/C18H21NOS/c1-12(2)20-16-7-4-8-17(18(16)19)21-15-10-9-13-5-3-6-14(13)11-15/h4,7-12H,3,5-6,19H2,1-2H3. The molecule has 2 aromatic carbocycles. The molecule has 0 aromatic heterocycles. The molecule has 0 spiro atoms. The van der Waals surface area contributed by atoms with Crippen molar-refractivity contribution in [3.05, 3.63) is 47.5 Å². The molecule has 0 saturated carbocycles. The van der Waals surface area contributed by atoms with Gasteiger partial charge in [0.25, 0.3) is 0 Å². The minimum absolute atomic E-state index is 0.132. The van der Waals surface area contributed by atoms with Crippen LogP contribution >= 0.6 is 11.8 Å². The van der Waals surface area contributed by atoms with Crippen LogP contribution in [0.4, 0.5) is 5.69 Å². The topological polar surface area (TPSA) is 35.2 Å². The van der Waals surface area contributed by atoms with Crippen LogP contribution in [0.25, 0.3) is 0 Å². The second-order valence-corrected chi connectivity index (χ2v) is 6.84. The molecule has 0 aliphatic heterocycles. The Labute approximate surface area is 130 Å². The average molecular weight is 299 g/mol. The molecule has 3 heteroatoms. The van der Waals surface area contributed by atoms with E-state index in [2.05, 4.69) is 24.3 Å². The molecule has 0 bridgehead atoms. The van der Waals surface area contributed by atoms with Gasteiger partial charge >= 0.3 is 0 Å². The molecular weight excluding hydrogens is 278 g/mol. The first-order valence-electron chi connectivity index (χ1n) is 7.48. The fourth-order valence-electron chi connectivity index (χ4n) is 2.71. The predicted molar refractivity (Wildman–Crippen MR) is 89.2 cm³/mol. The summed E-state index contributed by atoms with van der Waals surface area (Å²) in [5, 5.41) is 0. The lowest BCUT2D eigenvalue weighted by molar-refractivity contribution is 0.243. The van der Waals surface area contributed by atoms with Crippen molar-refractivity contribution in [2.75, 3.05) is 5.73 Å². The highest BCUT2D eigenvalue weighted by Gasteiger charge is 2.13. The summed E-state index contributed by atoms with van der Waals surface area (Å²) >= 11 is 1.72. The van der Waals surface area contributed by atoms with Gasteiger partial charge in [0.2, 0.25) is 0 Å². The molecule has 0 heterocycles. The van der Waals surface area contributed by atoms with Crippen LogP contribution in [-0.4, -0.2) is 6.10 Å². The van der Waals surface area contributed by atoms with E-state index in [1.54, 1.807) is 11.8 Å². The van der Waals surface area contributed by atoms with Crippen LogP contribution < -0.4 is 10.5 Å². The van der Waals surface area contributed by atoms with E-state index in [-0.39, 0.29) is 6.10 Å². The molecule has 0 saturated heterocycles. The molecule has 21 heavy (non-hydrogen) atoms. The Morgan fingerprint density at radius 3 is 2.71 bits per heavy atom. The summed E-state index contributed by atoms with van der Waals surface area (Å²) in [6, 6.07) is 12.8. The van der Waals surface area contributed by atoms with E-state index in [0.717, 1.165) is 16.3 Å². The first-order chi connectivity index (χ1) is 10.1. The van der Waals surface area contributed by atoms with Crippen molar-refractivity contribution in [3.63, 3.8) is 0 Å². The number of rotatable bonds is 4. The van der Waals surface area contributed by atoms with Crippen LogP contribution in [0.3, 0.4) is 0 Å². The Kier molecular flexibility index (Phi) is 4.11. The van der Waals surface area contributed by atoms with Crippen LogP contribution in [-0.2, 0) is 12.8 Å². The zero-order chi connectivity index (χ0) is 14.8. The number of nitrogens with two attached hydrogens (primary N) is 1. The molecule has 3 rings (SSSR count). The van der Waals surface area contributed by atoms with Crippen molar-refractivity contribution in [1.29, 1.82) is 0 Å². The Morgan fingerprint density at radius 1 is 1.10 bits per heavy atom. The zero-order valence-electron chi connectivity index (χ0n) is 12.6. The number of anilines is 1. The van der Waals surface area contributed by atoms with E-state index in [1.165, 1.54) is 35.3 Å². The van der Waals surface area contributed by atoms with E-state index in [9.17, 15) is 0 Å². The molecule has 0 atom stereocenters. The van der Waals surface area contributed by atoms with Gasteiger partial charge in [-0.25, -0.2) is 0 Å². The van der Waals surface area contributed by atoms with Gasteiger partial charge in [0.05, 0.1) is 11.8 Å². The molecule has 0 amide bonds. The summed E-state index contributed by atoms with van der Waals surface area (Å²) in [5.41, 5.74) is 9.98. The molecule has 2 N–H and O–H groups in total. The molecule has 0 unspecified atom stereocenters. The maximum atomic E-state index is 6.25. The highest BCUT2D eigenvalue weighted by atomic mass is 32.2. The third-order valence-electron chi connectivity index (χ3n) is 3.69. The minimum atomic E-state index is 0.132. The van der Waals surface area contributed by atoms with Crippen molar-refractivity contribution in [2.24, 2.45) is 0 Å². The molecule has 1 aliphatic carbocycles. The number of para-hydroxylation sites is 1. The van der Waals surface area contributed by atoms with E-state index < -0.39 is 0 Å². The number of hydrogen-bond acceptors (Lipinski definition) is 3. The highest BCUT2D eigenvalue weighted by molar-refractivity contribution is 7.99. The summed E-state index contributed by atoms with van der Waals surface area (Å²) in [7, 11) is 0. The average Bonchev–Trinajstić information content (AvgIpc) is 2.90. The van der Waals surface area contributed by atoms with Gasteiger partial charge in [-0.2, -0.15) is 0 Å². The van der Waals surface area contributed by atoms with Crippen LogP contribution in [0.1, 0.15) is 31.4 Å². The Hall–Kier alpha value is -1.61. The number of nitrogen functional groups attached to an aromatic ring is 1. The van der Waals surface area contributed by atoms with Gasteiger partial charge in [-0.1, -0.05) is 23.9 Å². The second kappa shape index (κ2) is 6.02. The molecule has 0 radical (unpaired) electrons. The van der Waals surface area contributed by atoms with Crippen molar-refractivity contribution >= 4 is 17.4 Å². The first kappa shape index (κ1) is 14.3.